The molecule has 93 valence electrons. The van der Waals surface area contributed by atoms with Gasteiger partial charge in [0.1, 0.15) is 0 Å². The first-order valence-electron chi connectivity index (χ1n) is 5.42. The van der Waals surface area contributed by atoms with Gasteiger partial charge in [-0.15, -0.1) is 0 Å². The van der Waals surface area contributed by atoms with Crippen molar-refractivity contribution in [2.45, 2.75) is 33.1 Å². The molecule has 1 radical (unpaired) electrons. The van der Waals surface area contributed by atoms with Crippen LogP contribution >= 0.6 is 0 Å². The Labute approximate surface area is 97.0 Å². The number of nitrogens with two attached hydrogens (primary N) is 1. The molecule has 0 bridgehead atoms. The molecule has 0 aromatic carbocycles. The first kappa shape index (κ1) is 13.4. The maximum absolute atomic E-state index is 11.5. The summed E-state index contributed by atoms with van der Waals surface area (Å²) in [6.45, 7) is 4.96. The lowest BCUT2D eigenvalue weighted by Gasteiger charge is -2.30. The lowest BCUT2D eigenvalue weighted by Crippen LogP contribution is -2.43. The Morgan fingerprint density at radius 1 is 1.31 bits per heavy atom. The van der Waals surface area contributed by atoms with Crippen LogP contribution < -0.4 is 5.73 Å². The molecule has 0 unspecified atom stereocenters. The summed E-state index contributed by atoms with van der Waals surface area (Å²) in [6.07, 6.45) is 2.64. The van der Waals surface area contributed by atoms with Crippen LogP contribution in [-0.4, -0.2) is 31.1 Å². The Bertz CT molecular complexity index is 343. The molecule has 1 heterocycles. The third-order valence-electron chi connectivity index (χ3n) is 2.86. The molecule has 5 nitrogen and oxygen atoms in total. The van der Waals surface area contributed by atoms with E-state index in [4.69, 9.17) is 5.73 Å². The van der Waals surface area contributed by atoms with Gasteiger partial charge in [0.15, 0.2) is 0 Å². The van der Waals surface area contributed by atoms with Crippen molar-refractivity contribution in [3.63, 3.8) is 0 Å². The first-order chi connectivity index (χ1) is 7.34. The average Bonchev–Trinajstić information content (AvgIpc) is 2.17. The van der Waals surface area contributed by atoms with Crippen LogP contribution in [0.1, 0.15) is 33.1 Å². The SMILES string of the molecule is C[C](C)CC1CCN(S(=O)(=O)C(N)=O)CC1. The van der Waals surface area contributed by atoms with Gasteiger partial charge in [0.25, 0.3) is 10.0 Å². The monoisotopic (exact) mass is 247 g/mol. The number of hydrogen-bond acceptors (Lipinski definition) is 3. The summed E-state index contributed by atoms with van der Waals surface area (Å²) in [5.74, 6) is 1.89. The lowest BCUT2D eigenvalue weighted by molar-refractivity contribution is 0.251. The van der Waals surface area contributed by atoms with Crippen LogP contribution in [0, 0.1) is 11.8 Å². The van der Waals surface area contributed by atoms with Gasteiger partial charge in [0, 0.05) is 13.1 Å². The minimum atomic E-state index is -3.89. The Kier molecular flexibility index (Phi) is 4.32. The molecule has 1 aliphatic heterocycles. The van der Waals surface area contributed by atoms with Gasteiger partial charge >= 0.3 is 5.24 Å². The fraction of sp³-hybridized carbons (Fsp3) is 0.800. The van der Waals surface area contributed by atoms with Gasteiger partial charge in [-0.3, -0.25) is 4.79 Å². The molecule has 6 heteroatoms. The van der Waals surface area contributed by atoms with Gasteiger partial charge < -0.3 is 5.73 Å². The van der Waals surface area contributed by atoms with Crippen LogP contribution in [0.4, 0.5) is 4.79 Å². The molecule has 1 saturated heterocycles. The molecule has 1 fully saturated rings. The van der Waals surface area contributed by atoms with E-state index in [0.717, 1.165) is 19.3 Å². The quantitative estimate of drug-likeness (QED) is 0.811. The van der Waals surface area contributed by atoms with Crippen LogP contribution in [0.15, 0.2) is 0 Å². The second-order valence-electron chi connectivity index (χ2n) is 4.58. The summed E-state index contributed by atoms with van der Waals surface area (Å²) in [7, 11) is -3.89. The van der Waals surface area contributed by atoms with E-state index in [-0.39, 0.29) is 0 Å². The Balaban J connectivity index is 2.53. The summed E-state index contributed by atoms with van der Waals surface area (Å²) in [5, 5.41) is -1.25. The third kappa shape index (κ3) is 3.18. The first-order valence-corrected chi connectivity index (χ1v) is 6.86. The van der Waals surface area contributed by atoms with Gasteiger partial charge in [0.05, 0.1) is 0 Å². The van der Waals surface area contributed by atoms with Crippen molar-refractivity contribution in [1.82, 2.24) is 4.31 Å². The molecule has 1 rings (SSSR count). The normalized spacial score (nSPS) is 20.2. The van der Waals surface area contributed by atoms with Crippen molar-refractivity contribution in [3.8, 4) is 0 Å². The zero-order chi connectivity index (χ0) is 12.3. The minimum Gasteiger partial charge on any atom is -0.355 e. The number of piperidine rings is 1. The van der Waals surface area contributed by atoms with E-state index in [1.54, 1.807) is 0 Å². The number of rotatable bonds is 3. The summed E-state index contributed by atoms with van der Waals surface area (Å²) in [5.41, 5.74) is 4.84. The maximum Gasteiger partial charge on any atom is 0.349 e. The summed E-state index contributed by atoms with van der Waals surface area (Å²) in [6, 6.07) is 0. The molecule has 2 N–H and O–H groups in total. The Morgan fingerprint density at radius 3 is 2.19 bits per heavy atom. The molecule has 0 spiro atoms. The van der Waals surface area contributed by atoms with E-state index >= 15 is 0 Å². The second kappa shape index (κ2) is 5.14. The molecule has 0 atom stereocenters. The highest BCUT2D eigenvalue weighted by Gasteiger charge is 2.31. The highest BCUT2D eigenvalue weighted by atomic mass is 32.2. The predicted molar refractivity (Wildman–Crippen MR) is 62.0 cm³/mol. The van der Waals surface area contributed by atoms with Gasteiger partial charge in [-0.05, 0) is 31.1 Å². The second-order valence-corrected chi connectivity index (χ2v) is 6.45. The van der Waals surface area contributed by atoms with Gasteiger partial charge in [-0.1, -0.05) is 13.8 Å². The molecule has 0 aromatic rings. The number of carbonyl (C=O) groups is 1. The minimum absolute atomic E-state index is 0.406. The fourth-order valence-corrected chi connectivity index (χ4v) is 3.00. The number of carbonyl (C=O) groups excluding carboxylic acids is 1. The number of nitrogens with zero attached hydrogens (tertiary/aromatic N) is 1. The van der Waals surface area contributed by atoms with E-state index in [2.05, 4.69) is 13.8 Å². The molecule has 0 saturated carbocycles. The largest absolute Gasteiger partial charge is 0.355 e. The van der Waals surface area contributed by atoms with Crippen molar-refractivity contribution >= 4 is 15.3 Å². The van der Waals surface area contributed by atoms with Crippen LogP contribution in [-0.2, 0) is 10.0 Å². The van der Waals surface area contributed by atoms with Crippen molar-refractivity contribution in [2.75, 3.05) is 13.1 Å². The summed E-state index contributed by atoms with van der Waals surface area (Å²) >= 11 is 0. The molecule has 1 aliphatic rings. The highest BCUT2D eigenvalue weighted by molar-refractivity contribution is 8.03. The zero-order valence-electron chi connectivity index (χ0n) is 9.77. The van der Waals surface area contributed by atoms with Crippen LogP contribution in [0.2, 0.25) is 0 Å². The van der Waals surface area contributed by atoms with E-state index in [1.807, 2.05) is 0 Å². The summed E-state index contributed by atoms with van der Waals surface area (Å²) in [4.78, 5) is 10.8. The summed E-state index contributed by atoms with van der Waals surface area (Å²) < 4.78 is 24.1. The van der Waals surface area contributed by atoms with E-state index in [0.29, 0.717) is 19.0 Å². The smallest absolute Gasteiger partial charge is 0.349 e. The Hall–Kier alpha value is -0.620. The molecular weight excluding hydrogens is 228 g/mol. The standard InChI is InChI=1S/C10H19N2O3S/c1-8(2)7-9-3-5-12(6-4-9)16(14,15)10(11)13/h9H,3-7H2,1-2H3,(H2,11,13). The van der Waals surface area contributed by atoms with Gasteiger partial charge in [0.2, 0.25) is 0 Å². The fourth-order valence-electron chi connectivity index (χ4n) is 2.06. The molecule has 0 aromatic heterocycles. The molecule has 0 aliphatic carbocycles. The molecular formula is C10H19N2O3S. The van der Waals surface area contributed by atoms with E-state index < -0.39 is 15.3 Å². The van der Waals surface area contributed by atoms with Gasteiger partial charge in [-0.2, -0.15) is 4.31 Å². The van der Waals surface area contributed by atoms with Crippen LogP contribution in [0.3, 0.4) is 0 Å². The van der Waals surface area contributed by atoms with Crippen molar-refractivity contribution in [1.29, 1.82) is 0 Å². The third-order valence-corrected chi connectivity index (χ3v) is 4.42. The zero-order valence-corrected chi connectivity index (χ0v) is 10.6. The van der Waals surface area contributed by atoms with Gasteiger partial charge in [-0.25, -0.2) is 8.42 Å². The Morgan fingerprint density at radius 2 is 1.81 bits per heavy atom. The maximum atomic E-state index is 11.5. The molecule has 1 amide bonds. The van der Waals surface area contributed by atoms with E-state index in [9.17, 15) is 13.2 Å². The average molecular weight is 247 g/mol. The number of hydrogen-bond donors (Lipinski definition) is 1. The van der Waals surface area contributed by atoms with Crippen molar-refractivity contribution in [2.24, 2.45) is 11.7 Å². The van der Waals surface area contributed by atoms with Crippen molar-refractivity contribution < 1.29 is 13.2 Å². The number of amides is 1. The van der Waals surface area contributed by atoms with Crippen molar-refractivity contribution in [3.05, 3.63) is 5.92 Å². The van der Waals surface area contributed by atoms with Crippen LogP contribution in [0.25, 0.3) is 0 Å². The topological polar surface area (TPSA) is 80.5 Å². The lowest BCUT2D eigenvalue weighted by atomic mass is 9.89. The predicted octanol–water partition coefficient (Wildman–Crippen LogP) is 1.11. The number of sulfonamides is 1. The van der Waals surface area contributed by atoms with Crippen LogP contribution in [0.5, 0.6) is 0 Å². The number of primary amides is 1. The molecule has 16 heavy (non-hydrogen) atoms. The highest BCUT2D eigenvalue weighted by Crippen LogP contribution is 2.26. The van der Waals surface area contributed by atoms with E-state index in [1.165, 1.54) is 10.2 Å².